The first-order chi connectivity index (χ1) is 6.64. The molecule has 1 aliphatic carbocycles. The molecule has 0 bridgehead atoms. The minimum Gasteiger partial charge on any atom is -0.195 e. The lowest BCUT2D eigenvalue weighted by Crippen LogP contribution is -2.50. The van der Waals surface area contributed by atoms with E-state index >= 15 is 0 Å². The zero-order chi connectivity index (χ0) is 10.2. The molecule has 0 atom stereocenters. The molecule has 82 valence electrons. The summed E-state index contributed by atoms with van der Waals surface area (Å²) in [7, 11) is -3.10. The highest BCUT2D eigenvalue weighted by molar-refractivity contribution is 7.86. The SMILES string of the molecule is CCN1CCCN(CC2CC2)S1(=O)=O. The van der Waals surface area contributed by atoms with E-state index in [2.05, 4.69) is 0 Å². The van der Waals surface area contributed by atoms with Gasteiger partial charge in [0.05, 0.1) is 0 Å². The van der Waals surface area contributed by atoms with Gasteiger partial charge in [-0.2, -0.15) is 17.0 Å². The summed E-state index contributed by atoms with van der Waals surface area (Å²) in [5.41, 5.74) is 0. The van der Waals surface area contributed by atoms with Crippen LogP contribution in [0.2, 0.25) is 0 Å². The van der Waals surface area contributed by atoms with Gasteiger partial charge in [0.2, 0.25) is 0 Å². The van der Waals surface area contributed by atoms with Crippen LogP contribution in [0.1, 0.15) is 26.2 Å². The minimum atomic E-state index is -3.10. The van der Waals surface area contributed by atoms with E-state index in [-0.39, 0.29) is 0 Å². The molecule has 5 heteroatoms. The summed E-state index contributed by atoms with van der Waals surface area (Å²) in [6.07, 6.45) is 3.38. The maximum absolute atomic E-state index is 12.0. The van der Waals surface area contributed by atoms with Crippen molar-refractivity contribution in [3.63, 3.8) is 0 Å². The van der Waals surface area contributed by atoms with Crippen LogP contribution in [0.5, 0.6) is 0 Å². The molecule has 4 nitrogen and oxygen atoms in total. The number of rotatable bonds is 3. The zero-order valence-corrected chi connectivity index (χ0v) is 9.46. The van der Waals surface area contributed by atoms with Crippen LogP contribution in [0.25, 0.3) is 0 Å². The molecule has 2 aliphatic rings. The monoisotopic (exact) mass is 218 g/mol. The second kappa shape index (κ2) is 3.79. The second-order valence-electron chi connectivity index (χ2n) is 4.15. The Morgan fingerprint density at radius 2 is 1.86 bits per heavy atom. The van der Waals surface area contributed by atoms with Gasteiger partial charge in [-0.15, -0.1) is 0 Å². The van der Waals surface area contributed by atoms with Crippen LogP contribution in [0.4, 0.5) is 0 Å². The van der Waals surface area contributed by atoms with Crippen molar-refractivity contribution in [3.8, 4) is 0 Å². The Morgan fingerprint density at radius 3 is 2.43 bits per heavy atom. The Labute approximate surface area is 86.1 Å². The van der Waals surface area contributed by atoms with Gasteiger partial charge in [-0.25, -0.2) is 0 Å². The van der Waals surface area contributed by atoms with Gasteiger partial charge in [0.1, 0.15) is 0 Å². The van der Waals surface area contributed by atoms with Crippen molar-refractivity contribution < 1.29 is 8.42 Å². The lowest BCUT2D eigenvalue weighted by molar-refractivity contribution is 0.284. The average Bonchev–Trinajstić information content (AvgIpc) is 2.92. The Balaban J connectivity index is 2.07. The Kier molecular flexibility index (Phi) is 2.81. The van der Waals surface area contributed by atoms with Gasteiger partial charge < -0.3 is 0 Å². The van der Waals surface area contributed by atoms with Crippen molar-refractivity contribution in [2.45, 2.75) is 26.2 Å². The summed E-state index contributed by atoms with van der Waals surface area (Å²) in [5, 5.41) is 0. The largest absolute Gasteiger partial charge is 0.281 e. The molecule has 14 heavy (non-hydrogen) atoms. The Hall–Kier alpha value is -0.130. The summed E-state index contributed by atoms with van der Waals surface area (Å²) in [5.74, 6) is 0.640. The van der Waals surface area contributed by atoms with Crippen LogP contribution >= 0.6 is 0 Å². The van der Waals surface area contributed by atoms with Gasteiger partial charge in [-0.1, -0.05) is 6.92 Å². The summed E-state index contributed by atoms with van der Waals surface area (Å²) < 4.78 is 27.2. The van der Waals surface area contributed by atoms with Gasteiger partial charge in [-0.05, 0) is 25.2 Å². The molecule has 1 saturated carbocycles. The highest BCUT2D eigenvalue weighted by atomic mass is 32.2. The van der Waals surface area contributed by atoms with Gasteiger partial charge in [0.15, 0.2) is 0 Å². The predicted octanol–water partition coefficient (Wildman–Crippen LogP) is 0.669. The summed E-state index contributed by atoms with van der Waals surface area (Å²) in [6.45, 7) is 4.66. The molecule has 0 N–H and O–H groups in total. The molecule has 0 spiro atoms. The normalized spacial score (nSPS) is 29.2. The predicted molar refractivity (Wildman–Crippen MR) is 55.1 cm³/mol. The van der Waals surface area contributed by atoms with E-state index < -0.39 is 10.2 Å². The van der Waals surface area contributed by atoms with Crippen molar-refractivity contribution in [1.29, 1.82) is 0 Å². The third-order valence-electron chi connectivity index (χ3n) is 2.98. The van der Waals surface area contributed by atoms with E-state index in [1.807, 2.05) is 6.92 Å². The molecule has 1 aliphatic heterocycles. The average molecular weight is 218 g/mol. The van der Waals surface area contributed by atoms with Gasteiger partial charge in [0.25, 0.3) is 10.2 Å². The molecule has 1 saturated heterocycles. The van der Waals surface area contributed by atoms with Crippen molar-refractivity contribution in [1.82, 2.24) is 8.61 Å². The van der Waals surface area contributed by atoms with E-state index in [0.717, 1.165) is 19.5 Å². The molecule has 0 aromatic heterocycles. The van der Waals surface area contributed by atoms with Crippen molar-refractivity contribution >= 4 is 10.2 Å². The molecule has 0 amide bonds. The van der Waals surface area contributed by atoms with E-state index in [9.17, 15) is 8.42 Å². The number of nitrogens with zero attached hydrogens (tertiary/aromatic N) is 2. The maximum Gasteiger partial charge on any atom is 0.281 e. The fourth-order valence-corrected chi connectivity index (χ4v) is 3.68. The first kappa shape index (κ1) is 10.4. The molecular weight excluding hydrogens is 200 g/mol. The standard InChI is InChI=1S/C9H18N2O2S/c1-2-10-6-3-7-11(14(10,12)13)8-9-4-5-9/h9H,2-8H2,1H3. The molecule has 1 heterocycles. The Morgan fingerprint density at radius 1 is 1.21 bits per heavy atom. The smallest absolute Gasteiger partial charge is 0.195 e. The maximum atomic E-state index is 12.0. The molecule has 0 aromatic rings. The fourth-order valence-electron chi connectivity index (χ4n) is 1.91. The topological polar surface area (TPSA) is 40.6 Å². The Bertz CT molecular complexity index is 298. The van der Waals surface area contributed by atoms with E-state index in [1.165, 1.54) is 12.8 Å². The zero-order valence-electron chi connectivity index (χ0n) is 8.65. The molecule has 2 rings (SSSR count). The van der Waals surface area contributed by atoms with Crippen LogP contribution in [0, 0.1) is 5.92 Å². The van der Waals surface area contributed by atoms with Crippen LogP contribution in [0.3, 0.4) is 0 Å². The third-order valence-corrected chi connectivity index (χ3v) is 5.06. The highest BCUT2D eigenvalue weighted by Crippen LogP contribution is 2.31. The van der Waals surface area contributed by atoms with Crippen LogP contribution < -0.4 is 0 Å². The highest BCUT2D eigenvalue weighted by Gasteiger charge is 2.36. The van der Waals surface area contributed by atoms with Gasteiger partial charge in [-0.3, -0.25) is 0 Å². The number of hydrogen-bond donors (Lipinski definition) is 0. The van der Waals surface area contributed by atoms with Crippen molar-refractivity contribution in [2.75, 3.05) is 26.2 Å². The van der Waals surface area contributed by atoms with E-state index in [1.54, 1.807) is 8.61 Å². The lowest BCUT2D eigenvalue weighted by atomic mass is 10.3. The summed E-state index contributed by atoms with van der Waals surface area (Å²) in [4.78, 5) is 0. The molecule has 0 radical (unpaired) electrons. The lowest BCUT2D eigenvalue weighted by Gasteiger charge is -2.33. The van der Waals surface area contributed by atoms with Crippen LogP contribution in [0.15, 0.2) is 0 Å². The quantitative estimate of drug-likeness (QED) is 0.698. The third kappa shape index (κ3) is 1.94. The van der Waals surface area contributed by atoms with Crippen molar-refractivity contribution in [2.24, 2.45) is 5.92 Å². The van der Waals surface area contributed by atoms with Crippen LogP contribution in [-0.4, -0.2) is 43.2 Å². The first-order valence-corrected chi connectivity index (χ1v) is 6.79. The first-order valence-electron chi connectivity index (χ1n) is 5.40. The van der Waals surface area contributed by atoms with E-state index in [0.29, 0.717) is 19.0 Å². The molecular formula is C9H18N2O2S. The van der Waals surface area contributed by atoms with Gasteiger partial charge >= 0.3 is 0 Å². The van der Waals surface area contributed by atoms with E-state index in [4.69, 9.17) is 0 Å². The summed E-state index contributed by atoms with van der Waals surface area (Å²) >= 11 is 0. The minimum absolute atomic E-state index is 0.601. The summed E-state index contributed by atoms with van der Waals surface area (Å²) in [6, 6.07) is 0. The molecule has 0 unspecified atom stereocenters. The van der Waals surface area contributed by atoms with Crippen LogP contribution in [-0.2, 0) is 10.2 Å². The molecule has 0 aromatic carbocycles. The fraction of sp³-hybridized carbons (Fsp3) is 1.00. The molecule has 2 fully saturated rings. The van der Waals surface area contributed by atoms with Gasteiger partial charge in [0, 0.05) is 26.2 Å². The number of hydrogen-bond acceptors (Lipinski definition) is 2. The second-order valence-corrected chi connectivity index (χ2v) is 6.08. The van der Waals surface area contributed by atoms with Crippen molar-refractivity contribution in [3.05, 3.63) is 0 Å².